The molecule has 1 aromatic heterocycles. The summed E-state index contributed by atoms with van der Waals surface area (Å²) in [5.74, 6) is 0. The third kappa shape index (κ3) is 4.85. The van der Waals surface area contributed by atoms with Gasteiger partial charge in [0, 0.05) is 13.7 Å². The van der Waals surface area contributed by atoms with Crippen molar-refractivity contribution >= 4 is 56.2 Å². The molecule has 18 heavy (non-hydrogen) atoms. The molecule has 0 aliphatic carbocycles. The zero-order chi connectivity index (χ0) is 13.8. The van der Waals surface area contributed by atoms with E-state index in [1.54, 1.807) is 0 Å². The molecule has 1 unspecified atom stereocenters. The van der Waals surface area contributed by atoms with E-state index < -0.39 is 10.0 Å². The maximum atomic E-state index is 11.9. The Morgan fingerprint density at radius 2 is 2.17 bits per heavy atom. The lowest BCUT2D eigenvalue weighted by Crippen LogP contribution is -2.27. The van der Waals surface area contributed by atoms with E-state index in [-0.39, 0.29) is 21.2 Å². The fraction of sp³-hybridized carbons (Fsp3) is 0.556. The average Bonchev–Trinajstić information content (AvgIpc) is 2.58. The minimum atomic E-state index is -3.64. The Morgan fingerprint density at radius 3 is 2.67 bits per heavy atom. The third-order valence-corrected chi connectivity index (χ3v) is 5.57. The van der Waals surface area contributed by atoms with Gasteiger partial charge in [-0.25, -0.2) is 13.1 Å². The van der Waals surface area contributed by atoms with Crippen LogP contribution in [0.2, 0.25) is 8.67 Å². The lowest BCUT2D eigenvalue weighted by Gasteiger charge is -2.09. The van der Waals surface area contributed by atoms with Crippen LogP contribution >= 0.6 is 46.1 Å². The summed E-state index contributed by atoms with van der Waals surface area (Å²) in [6.07, 6.45) is 0.462. The number of halogens is 3. The van der Waals surface area contributed by atoms with Gasteiger partial charge in [-0.2, -0.15) is 0 Å². The van der Waals surface area contributed by atoms with Gasteiger partial charge in [-0.15, -0.1) is 22.9 Å². The minimum Gasteiger partial charge on any atom is -0.383 e. The molecule has 0 bridgehead atoms. The van der Waals surface area contributed by atoms with Gasteiger partial charge in [0.15, 0.2) is 0 Å². The van der Waals surface area contributed by atoms with Gasteiger partial charge in [0.05, 0.1) is 16.3 Å². The standard InChI is InChI=1S/C9H12Cl3NO3S2/c1-16-5-6(10)2-3-13-18(14,15)7-4-8(11)17-9(7)12/h4,6,13H,2-3,5H2,1H3. The van der Waals surface area contributed by atoms with Gasteiger partial charge in [-0.1, -0.05) is 23.2 Å². The minimum absolute atomic E-state index is 0.00275. The van der Waals surface area contributed by atoms with Crippen LogP contribution in [0.4, 0.5) is 0 Å². The highest BCUT2D eigenvalue weighted by Gasteiger charge is 2.20. The average molecular weight is 353 g/mol. The lowest BCUT2D eigenvalue weighted by atomic mass is 10.3. The van der Waals surface area contributed by atoms with Crippen LogP contribution in [-0.4, -0.2) is 34.1 Å². The molecule has 9 heteroatoms. The van der Waals surface area contributed by atoms with E-state index in [4.69, 9.17) is 39.5 Å². The van der Waals surface area contributed by atoms with E-state index in [0.717, 1.165) is 11.3 Å². The number of nitrogens with one attached hydrogen (secondary N) is 1. The van der Waals surface area contributed by atoms with Crippen LogP contribution in [-0.2, 0) is 14.8 Å². The molecular formula is C9H12Cl3NO3S2. The molecular weight excluding hydrogens is 341 g/mol. The number of hydrogen-bond acceptors (Lipinski definition) is 4. The Labute approximate surface area is 125 Å². The maximum Gasteiger partial charge on any atom is 0.242 e. The molecule has 4 nitrogen and oxygen atoms in total. The predicted octanol–water partition coefficient (Wildman–Crippen LogP) is 2.98. The molecule has 0 spiro atoms. The summed E-state index contributed by atoms with van der Waals surface area (Å²) in [6.45, 7) is 0.581. The summed E-state index contributed by atoms with van der Waals surface area (Å²) in [6, 6.07) is 1.32. The topological polar surface area (TPSA) is 55.4 Å². The molecule has 0 aromatic carbocycles. The van der Waals surface area contributed by atoms with Crippen molar-refractivity contribution < 1.29 is 13.2 Å². The lowest BCUT2D eigenvalue weighted by molar-refractivity contribution is 0.196. The largest absolute Gasteiger partial charge is 0.383 e. The van der Waals surface area contributed by atoms with Gasteiger partial charge in [-0.3, -0.25) is 0 Å². The van der Waals surface area contributed by atoms with Crippen LogP contribution in [0.15, 0.2) is 11.0 Å². The molecule has 0 radical (unpaired) electrons. The highest BCUT2D eigenvalue weighted by molar-refractivity contribution is 7.89. The molecule has 1 atom stereocenters. The maximum absolute atomic E-state index is 11.9. The van der Waals surface area contributed by atoms with Crippen molar-refractivity contribution in [3.05, 3.63) is 14.7 Å². The predicted molar refractivity (Wildman–Crippen MR) is 75.7 cm³/mol. The first-order valence-corrected chi connectivity index (χ1v) is 8.43. The molecule has 0 aliphatic rings. The van der Waals surface area contributed by atoms with E-state index in [0.29, 0.717) is 17.4 Å². The molecule has 104 valence electrons. The van der Waals surface area contributed by atoms with Crippen LogP contribution in [0.1, 0.15) is 6.42 Å². The molecule has 1 heterocycles. The van der Waals surface area contributed by atoms with E-state index in [2.05, 4.69) is 4.72 Å². The van der Waals surface area contributed by atoms with Crippen LogP contribution in [0.5, 0.6) is 0 Å². The number of methoxy groups -OCH3 is 1. The van der Waals surface area contributed by atoms with E-state index in [1.807, 2.05) is 0 Å². The Bertz CT molecular complexity index is 489. The highest BCUT2D eigenvalue weighted by atomic mass is 35.5. The SMILES string of the molecule is COCC(Cl)CCNS(=O)(=O)c1cc(Cl)sc1Cl. The summed E-state index contributed by atoms with van der Waals surface area (Å²) < 4.78 is 31.5. The molecule has 0 aliphatic heterocycles. The summed E-state index contributed by atoms with van der Waals surface area (Å²) in [7, 11) is -2.10. The Balaban J connectivity index is 2.58. The first-order valence-electron chi connectivity index (χ1n) is 4.94. The van der Waals surface area contributed by atoms with Gasteiger partial charge in [0.1, 0.15) is 9.23 Å². The first-order chi connectivity index (χ1) is 8.36. The molecule has 1 N–H and O–H groups in total. The number of hydrogen-bond donors (Lipinski definition) is 1. The second-order valence-corrected chi connectivity index (χ2v) is 8.07. The van der Waals surface area contributed by atoms with E-state index >= 15 is 0 Å². The fourth-order valence-corrected chi connectivity index (χ4v) is 4.63. The quantitative estimate of drug-likeness (QED) is 0.768. The fourth-order valence-electron chi connectivity index (χ4n) is 1.20. The van der Waals surface area contributed by atoms with Gasteiger partial charge in [0.25, 0.3) is 0 Å². The first kappa shape index (κ1) is 16.5. The zero-order valence-electron chi connectivity index (χ0n) is 9.45. The number of thiophene rings is 1. The van der Waals surface area contributed by atoms with Gasteiger partial charge < -0.3 is 4.74 Å². The molecule has 1 aromatic rings. The third-order valence-electron chi connectivity index (χ3n) is 2.01. The Morgan fingerprint density at radius 1 is 1.50 bits per heavy atom. The van der Waals surface area contributed by atoms with E-state index in [1.165, 1.54) is 13.2 Å². The number of rotatable bonds is 7. The molecule has 0 fully saturated rings. The van der Waals surface area contributed by atoms with Crippen LogP contribution < -0.4 is 4.72 Å². The van der Waals surface area contributed by atoms with Crippen molar-refractivity contribution in [3.8, 4) is 0 Å². The van der Waals surface area contributed by atoms with Crippen LogP contribution in [0.25, 0.3) is 0 Å². The number of alkyl halides is 1. The monoisotopic (exact) mass is 351 g/mol. The van der Waals surface area contributed by atoms with Gasteiger partial charge in [-0.05, 0) is 12.5 Å². The second kappa shape index (κ2) is 7.28. The molecule has 1 rings (SSSR count). The molecule has 0 amide bonds. The highest BCUT2D eigenvalue weighted by Crippen LogP contribution is 2.33. The van der Waals surface area contributed by atoms with E-state index in [9.17, 15) is 8.42 Å². The summed E-state index contributed by atoms with van der Waals surface area (Å²) in [5, 5.41) is -0.237. The van der Waals surface area contributed by atoms with Crippen molar-refractivity contribution in [2.24, 2.45) is 0 Å². The van der Waals surface area contributed by atoms with Crippen LogP contribution in [0, 0.1) is 0 Å². The summed E-state index contributed by atoms with van der Waals surface area (Å²) >= 11 is 18.4. The summed E-state index contributed by atoms with van der Waals surface area (Å²) in [5.41, 5.74) is 0. The van der Waals surface area contributed by atoms with Crippen molar-refractivity contribution in [3.63, 3.8) is 0 Å². The summed E-state index contributed by atoms with van der Waals surface area (Å²) in [4.78, 5) is -0.00275. The van der Waals surface area contributed by atoms with Gasteiger partial charge >= 0.3 is 0 Å². The van der Waals surface area contributed by atoms with Crippen molar-refractivity contribution in [2.45, 2.75) is 16.7 Å². The van der Waals surface area contributed by atoms with Gasteiger partial charge in [0.2, 0.25) is 10.0 Å². The Kier molecular flexibility index (Phi) is 6.67. The van der Waals surface area contributed by atoms with Crippen molar-refractivity contribution in [1.29, 1.82) is 0 Å². The van der Waals surface area contributed by atoms with Crippen LogP contribution in [0.3, 0.4) is 0 Å². The zero-order valence-corrected chi connectivity index (χ0v) is 13.4. The van der Waals surface area contributed by atoms with Crippen molar-refractivity contribution in [1.82, 2.24) is 4.72 Å². The normalized spacial score (nSPS) is 13.8. The Hall–Kier alpha value is 0.440. The molecule has 0 saturated heterocycles. The number of sulfonamides is 1. The smallest absolute Gasteiger partial charge is 0.242 e. The second-order valence-electron chi connectivity index (χ2n) is 3.43. The number of ether oxygens (including phenoxy) is 1. The molecule has 0 saturated carbocycles. The van der Waals surface area contributed by atoms with Crippen molar-refractivity contribution in [2.75, 3.05) is 20.3 Å².